The van der Waals surface area contributed by atoms with E-state index in [9.17, 15) is 9.90 Å². The van der Waals surface area contributed by atoms with Gasteiger partial charge in [-0.05, 0) is 40.6 Å². The Morgan fingerprint density at radius 2 is 1.75 bits per heavy atom. The molecule has 0 aliphatic carbocycles. The molecule has 4 rings (SSSR count). The molecular weight excluding hydrogens is 366 g/mol. The molecule has 0 saturated heterocycles. The summed E-state index contributed by atoms with van der Waals surface area (Å²) in [5, 5.41) is 12.8. The maximum absolute atomic E-state index is 11.7. The minimum Gasteiger partial charge on any atom is -0.477 e. The van der Waals surface area contributed by atoms with Crippen molar-refractivity contribution in [2.24, 2.45) is 0 Å². The van der Waals surface area contributed by atoms with Crippen molar-refractivity contribution in [3.63, 3.8) is 0 Å². The first-order valence-electron chi connectivity index (χ1n) is 7.62. The Kier molecular flexibility index (Phi) is 3.62. The molecule has 4 heteroatoms. The molecule has 0 aliphatic rings. The average Bonchev–Trinajstić information content (AvgIpc) is 2.93. The second-order valence-corrected chi connectivity index (χ2v) is 6.68. The van der Waals surface area contributed by atoms with Crippen LogP contribution in [0.15, 0.2) is 71.2 Å². The molecule has 1 aromatic heterocycles. The third kappa shape index (κ3) is 2.49. The predicted octanol–water partition coefficient (Wildman–Crippen LogP) is 5.30. The molecule has 0 atom stereocenters. The van der Waals surface area contributed by atoms with Gasteiger partial charge in [0.1, 0.15) is 5.69 Å². The number of nitrogens with zero attached hydrogens (tertiary/aromatic N) is 1. The zero-order chi connectivity index (χ0) is 16.7. The zero-order valence-electron chi connectivity index (χ0n) is 12.7. The molecule has 3 nitrogen and oxygen atoms in total. The lowest BCUT2D eigenvalue weighted by Gasteiger charge is -2.11. The Hall–Kier alpha value is -2.59. The Bertz CT molecular complexity index is 1080. The Morgan fingerprint density at radius 3 is 2.58 bits per heavy atom. The molecule has 24 heavy (non-hydrogen) atoms. The van der Waals surface area contributed by atoms with Crippen LogP contribution in [0.3, 0.4) is 0 Å². The number of carboxylic acids is 1. The van der Waals surface area contributed by atoms with Crippen molar-refractivity contribution in [2.45, 2.75) is 6.54 Å². The summed E-state index contributed by atoms with van der Waals surface area (Å²) >= 11 is 3.45. The van der Waals surface area contributed by atoms with E-state index in [1.807, 2.05) is 41.0 Å². The third-order valence-corrected chi connectivity index (χ3v) is 4.78. The quantitative estimate of drug-likeness (QED) is 0.524. The summed E-state index contributed by atoms with van der Waals surface area (Å²) in [5.41, 5.74) is 2.33. The summed E-state index contributed by atoms with van der Waals surface area (Å²) in [4.78, 5) is 11.7. The van der Waals surface area contributed by atoms with Crippen molar-refractivity contribution in [3.05, 3.63) is 82.5 Å². The van der Waals surface area contributed by atoms with Crippen molar-refractivity contribution in [1.82, 2.24) is 4.57 Å². The summed E-state index contributed by atoms with van der Waals surface area (Å²) in [5.74, 6) is -0.914. The summed E-state index contributed by atoms with van der Waals surface area (Å²) in [6.07, 6.45) is 0. The first kappa shape index (κ1) is 15.0. The second-order valence-electron chi connectivity index (χ2n) is 5.76. The number of halogens is 1. The van der Waals surface area contributed by atoms with Crippen LogP contribution < -0.4 is 0 Å². The number of fused-ring (bicyclic) bond motifs is 2. The van der Waals surface area contributed by atoms with E-state index in [4.69, 9.17) is 0 Å². The SMILES string of the molecule is O=C(O)c1cc2cc(Br)ccc2n1Cc1cccc2ccccc12. The van der Waals surface area contributed by atoms with Crippen molar-refractivity contribution < 1.29 is 9.90 Å². The van der Waals surface area contributed by atoms with Crippen molar-refractivity contribution >= 4 is 43.6 Å². The number of rotatable bonds is 3. The maximum atomic E-state index is 11.7. The molecule has 0 bridgehead atoms. The van der Waals surface area contributed by atoms with E-state index in [2.05, 4.69) is 40.2 Å². The third-order valence-electron chi connectivity index (χ3n) is 4.29. The normalized spacial score (nSPS) is 11.2. The first-order valence-corrected chi connectivity index (χ1v) is 8.41. The zero-order valence-corrected chi connectivity index (χ0v) is 14.3. The van der Waals surface area contributed by atoms with Crippen molar-refractivity contribution in [1.29, 1.82) is 0 Å². The fourth-order valence-electron chi connectivity index (χ4n) is 3.19. The van der Waals surface area contributed by atoms with E-state index >= 15 is 0 Å². The number of hydrogen-bond donors (Lipinski definition) is 1. The van der Waals surface area contributed by atoms with Gasteiger partial charge in [-0.3, -0.25) is 0 Å². The Morgan fingerprint density at radius 1 is 0.958 bits per heavy atom. The Balaban J connectivity index is 1.92. The minimum absolute atomic E-state index is 0.302. The molecule has 1 heterocycles. The number of aromatic nitrogens is 1. The lowest BCUT2D eigenvalue weighted by molar-refractivity contribution is 0.0686. The lowest BCUT2D eigenvalue weighted by atomic mass is 10.0. The largest absolute Gasteiger partial charge is 0.477 e. The summed E-state index contributed by atoms with van der Waals surface area (Å²) in [7, 11) is 0. The lowest BCUT2D eigenvalue weighted by Crippen LogP contribution is -2.09. The summed E-state index contributed by atoms with van der Waals surface area (Å²) < 4.78 is 2.81. The van der Waals surface area contributed by atoms with Crippen LogP contribution in [-0.2, 0) is 6.54 Å². The van der Waals surface area contributed by atoms with Crippen LogP contribution >= 0.6 is 15.9 Å². The van der Waals surface area contributed by atoms with Crippen LogP contribution in [0.4, 0.5) is 0 Å². The molecule has 118 valence electrons. The van der Waals surface area contributed by atoms with Gasteiger partial charge in [-0.1, -0.05) is 58.4 Å². The fourth-order valence-corrected chi connectivity index (χ4v) is 3.57. The molecule has 0 spiro atoms. The molecule has 0 unspecified atom stereocenters. The molecular formula is C20H14BrNO2. The van der Waals surface area contributed by atoms with Crippen molar-refractivity contribution in [2.75, 3.05) is 0 Å². The standard InChI is InChI=1S/C20H14BrNO2/c21-16-8-9-18-15(10-16)11-19(20(23)24)22(18)12-14-6-3-5-13-4-1-2-7-17(13)14/h1-11H,12H2,(H,23,24). The predicted molar refractivity (Wildman–Crippen MR) is 99.6 cm³/mol. The van der Waals surface area contributed by atoms with Crippen LogP contribution in [0.25, 0.3) is 21.7 Å². The van der Waals surface area contributed by atoms with Gasteiger partial charge in [0, 0.05) is 21.9 Å². The minimum atomic E-state index is -0.914. The molecule has 3 aromatic carbocycles. The molecule has 0 fully saturated rings. The second kappa shape index (κ2) is 5.80. The van der Waals surface area contributed by atoms with E-state index in [0.717, 1.165) is 31.7 Å². The number of aromatic carboxylic acids is 1. The maximum Gasteiger partial charge on any atom is 0.352 e. The van der Waals surface area contributed by atoms with Crippen LogP contribution in [0.5, 0.6) is 0 Å². The summed E-state index contributed by atoms with van der Waals surface area (Å²) in [6, 6.07) is 21.9. The van der Waals surface area contributed by atoms with E-state index in [1.165, 1.54) is 0 Å². The molecule has 0 aliphatic heterocycles. The molecule has 1 N–H and O–H groups in total. The topological polar surface area (TPSA) is 42.2 Å². The highest BCUT2D eigenvalue weighted by Gasteiger charge is 2.15. The molecule has 4 aromatic rings. The van der Waals surface area contributed by atoms with E-state index in [0.29, 0.717) is 12.2 Å². The van der Waals surface area contributed by atoms with Gasteiger partial charge < -0.3 is 9.67 Å². The van der Waals surface area contributed by atoms with Gasteiger partial charge in [0.15, 0.2) is 0 Å². The average molecular weight is 380 g/mol. The first-order chi connectivity index (χ1) is 11.6. The van der Waals surface area contributed by atoms with Gasteiger partial charge in [-0.15, -0.1) is 0 Å². The van der Waals surface area contributed by atoms with Gasteiger partial charge in [-0.2, -0.15) is 0 Å². The van der Waals surface area contributed by atoms with Gasteiger partial charge >= 0.3 is 5.97 Å². The van der Waals surface area contributed by atoms with Crippen LogP contribution in [0, 0.1) is 0 Å². The smallest absolute Gasteiger partial charge is 0.352 e. The number of hydrogen-bond acceptors (Lipinski definition) is 1. The van der Waals surface area contributed by atoms with E-state index in [1.54, 1.807) is 6.07 Å². The highest BCUT2D eigenvalue weighted by atomic mass is 79.9. The van der Waals surface area contributed by atoms with Gasteiger partial charge in [0.2, 0.25) is 0 Å². The van der Waals surface area contributed by atoms with E-state index in [-0.39, 0.29) is 0 Å². The Labute approximate surface area is 147 Å². The fraction of sp³-hybridized carbons (Fsp3) is 0.0500. The van der Waals surface area contributed by atoms with Crippen LogP contribution in [0.1, 0.15) is 16.1 Å². The van der Waals surface area contributed by atoms with Crippen LogP contribution in [-0.4, -0.2) is 15.6 Å². The summed E-state index contributed by atoms with van der Waals surface area (Å²) in [6.45, 7) is 0.522. The van der Waals surface area contributed by atoms with Gasteiger partial charge in [0.05, 0.1) is 0 Å². The number of carboxylic acid groups (broad SMARTS) is 1. The highest BCUT2D eigenvalue weighted by Crippen LogP contribution is 2.27. The van der Waals surface area contributed by atoms with Gasteiger partial charge in [-0.25, -0.2) is 4.79 Å². The van der Waals surface area contributed by atoms with Crippen molar-refractivity contribution in [3.8, 4) is 0 Å². The molecule has 0 saturated carbocycles. The van der Waals surface area contributed by atoms with Crippen LogP contribution in [0.2, 0.25) is 0 Å². The number of carbonyl (C=O) groups is 1. The molecule has 0 amide bonds. The van der Waals surface area contributed by atoms with E-state index < -0.39 is 5.97 Å². The highest BCUT2D eigenvalue weighted by molar-refractivity contribution is 9.10. The van der Waals surface area contributed by atoms with Gasteiger partial charge in [0.25, 0.3) is 0 Å². The monoisotopic (exact) mass is 379 g/mol. The molecule has 0 radical (unpaired) electrons. The number of benzene rings is 3.